The predicted molar refractivity (Wildman–Crippen MR) is 49.9 cm³/mol. The molecule has 1 rings (SSSR count). The molecule has 0 N–H and O–H groups in total. The smallest absolute Gasteiger partial charge is 0.404 e. The molecule has 0 aromatic carbocycles. The van der Waals surface area contributed by atoms with Crippen molar-refractivity contribution < 1.29 is 26.7 Å². The maximum atomic E-state index is 12.5. The summed E-state index contributed by atoms with van der Waals surface area (Å²) in [6, 6.07) is 2.15. The van der Waals surface area contributed by atoms with Crippen LogP contribution in [0.1, 0.15) is 23.4 Å². The summed E-state index contributed by atoms with van der Waals surface area (Å²) in [7, 11) is 0. The molecule has 0 spiro atoms. The van der Waals surface area contributed by atoms with Gasteiger partial charge in [-0.2, -0.15) is 5.26 Å². The molecule has 0 unspecified atom stereocenters. The van der Waals surface area contributed by atoms with E-state index in [1.165, 1.54) is 6.92 Å². The largest absolute Gasteiger partial charge is 0.573 e. The van der Waals surface area contributed by atoms with E-state index in [1.54, 1.807) is 6.07 Å². The zero-order valence-electron chi connectivity index (χ0n) is 9.05. The van der Waals surface area contributed by atoms with Crippen molar-refractivity contribution in [3.63, 3.8) is 0 Å². The SMILES string of the molecule is Cc1nc(CC#N)c(OC(F)(F)F)cc1C(F)F. The van der Waals surface area contributed by atoms with E-state index in [0.717, 1.165) is 0 Å². The summed E-state index contributed by atoms with van der Waals surface area (Å²) in [5.74, 6) is -0.870. The first-order valence-electron chi connectivity index (χ1n) is 4.66. The van der Waals surface area contributed by atoms with Gasteiger partial charge in [-0.05, 0) is 13.0 Å². The summed E-state index contributed by atoms with van der Waals surface area (Å²) >= 11 is 0. The van der Waals surface area contributed by atoms with Gasteiger partial charge in [0.2, 0.25) is 0 Å². The number of alkyl halides is 5. The number of aryl methyl sites for hydroxylation is 1. The number of ether oxygens (including phenoxy) is 1. The Kier molecular flexibility index (Phi) is 4.06. The van der Waals surface area contributed by atoms with Crippen LogP contribution in [0, 0.1) is 18.3 Å². The lowest BCUT2D eigenvalue weighted by atomic mass is 10.1. The Balaban J connectivity index is 3.27. The topological polar surface area (TPSA) is 45.9 Å². The van der Waals surface area contributed by atoms with Crippen LogP contribution in [0.25, 0.3) is 0 Å². The van der Waals surface area contributed by atoms with Crippen molar-refractivity contribution in [2.45, 2.75) is 26.1 Å². The first kappa shape index (κ1) is 14.2. The van der Waals surface area contributed by atoms with Crippen molar-refractivity contribution >= 4 is 0 Å². The highest BCUT2D eigenvalue weighted by Gasteiger charge is 2.33. The van der Waals surface area contributed by atoms with Gasteiger partial charge in [-0.25, -0.2) is 8.78 Å². The van der Waals surface area contributed by atoms with Crippen LogP contribution in [0.4, 0.5) is 22.0 Å². The third-order valence-electron chi connectivity index (χ3n) is 2.00. The van der Waals surface area contributed by atoms with Crippen LogP contribution in [0.15, 0.2) is 6.07 Å². The lowest BCUT2D eigenvalue weighted by molar-refractivity contribution is -0.275. The summed E-state index contributed by atoms with van der Waals surface area (Å²) in [5.41, 5.74) is -1.11. The minimum absolute atomic E-state index is 0.134. The van der Waals surface area contributed by atoms with E-state index in [9.17, 15) is 22.0 Å². The molecule has 8 heteroatoms. The Hall–Kier alpha value is -1.91. The van der Waals surface area contributed by atoms with Crippen molar-refractivity contribution in [3.05, 3.63) is 23.0 Å². The minimum Gasteiger partial charge on any atom is -0.404 e. The van der Waals surface area contributed by atoms with Crippen molar-refractivity contribution in [1.82, 2.24) is 4.98 Å². The van der Waals surface area contributed by atoms with Gasteiger partial charge in [-0.1, -0.05) is 0 Å². The molecule has 0 aliphatic carbocycles. The van der Waals surface area contributed by atoms with Crippen LogP contribution in [0.3, 0.4) is 0 Å². The van der Waals surface area contributed by atoms with E-state index in [1.807, 2.05) is 0 Å². The Morgan fingerprint density at radius 3 is 2.50 bits per heavy atom. The first-order chi connectivity index (χ1) is 8.24. The standard InChI is InChI=1S/C10H7F5N2O/c1-5-6(9(11)12)4-8(18-10(13,14)15)7(17-5)2-3-16/h4,9H,2H2,1H3. The van der Waals surface area contributed by atoms with Crippen LogP contribution < -0.4 is 4.74 Å². The lowest BCUT2D eigenvalue weighted by Gasteiger charge is -2.14. The molecule has 0 radical (unpaired) electrons. The van der Waals surface area contributed by atoms with Crippen LogP contribution >= 0.6 is 0 Å². The molecule has 0 aliphatic rings. The molecule has 98 valence electrons. The second-order valence-corrected chi connectivity index (χ2v) is 3.29. The second-order valence-electron chi connectivity index (χ2n) is 3.29. The van der Waals surface area contributed by atoms with Crippen molar-refractivity contribution in [2.24, 2.45) is 0 Å². The number of rotatable bonds is 3. The van der Waals surface area contributed by atoms with Crippen LogP contribution in [-0.2, 0) is 6.42 Å². The fraction of sp³-hybridized carbons (Fsp3) is 0.400. The molecule has 0 bridgehead atoms. The fourth-order valence-electron chi connectivity index (χ4n) is 1.29. The Morgan fingerprint density at radius 2 is 2.06 bits per heavy atom. The normalized spacial score (nSPS) is 11.4. The molecular formula is C10H7F5N2O. The maximum absolute atomic E-state index is 12.5. The van der Waals surface area contributed by atoms with Crippen LogP contribution in [0.2, 0.25) is 0 Å². The van der Waals surface area contributed by atoms with Crippen LogP contribution in [0.5, 0.6) is 5.75 Å². The van der Waals surface area contributed by atoms with Crippen molar-refractivity contribution in [2.75, 3.05) is 0 Å². The second kappa shape index (κ2) is 5.16. The molecule has 0 saturated carbocycles. The van der Waals surface area contributed by atoms with Gasteiger partial charge < -0.3 is 4.74 Å². The summed E-state index contributed by atoms with van der Waals surface area (Å²) in [4.78, 5) is 3.54. The summed E-state index contributed by atoms with van der Waals surface area (Å²) in [6.07, 6.45) is -8.46. The highest BCUT2D eigenvalue weighted by Crippen LogP contribution is 2.31. The molecule has 0 aliphatic heterocycles. The van der Waals surface area contributed by atoms with E-state index < -0.39 is 30.5 Å². The zero-order chi connectivity index (χ0) is 13.9. The monoisotopic (exact) mass is 266 g/mol. The van der Waals surface area contributed by atoms with Crippen molar-refractivity contribution in [1.29, 1.82) is 5.26 Å². The average Bonchev–Trinajstić information content (AvgIpc) is 2.19. The van der Waals surface area contributed by atoms with E-state index in [2.05, 4.69) is 9.72 Å². The molecule has 1 aromatic rings. The molecule has 18 heavy (non-hydrogen) atoms. The number of pyridine rings is 1. The van der Waals surface area contributed by atoms with Gasteiger partial charge in [0.15, 0.2) is 5.75 Å². The summed E-state index contributed by atoms with van der Waals surface area (Å²) in [5, 5.41) is 8.44. The molecule has 3 nitrogen and oxygen atoms in total. The first-order valence-corrected chi connectivity index (χ1v) is 4.66. The third-order valence-corrected chi connectivity index (χ3v) is 2.00. The molecular weight excluding hydrogens is 259 g/mol. The van der Waals surface area contributed by atoms with E-state index in [0.29, 0.717) is 6.07 Å². The molecule has 1 heterocycles. The molecule has 0 fully saturated rings. The number of nitriles is 1. The predicted octanol–water partition coefficient (Wildman–Crippen LogP) is 3.29. The lowest BCUT2D eigenvalue weighted by Crippen LogP contribution is -2.19. The fourth-order valence-corrected chi connectivity index (χ4v) is 1.29. The number of hydrogen-bond acceptors (Lipinski definition) is 3. The Labute approximate surface area is 98.8 Å². The maximum Gasteiger partial charge on any atom is 0.573 e. The highest BCUT2D eigenvalue weighted by atomic mass is 19.4. The number of halogens is 5. The quantitative estimate of drug-likeness (QED) is 0.788. The van der Waals surface area contributed by atoms with E-state index in [4.69, 9.17) is 5.26 Å². The summed E-state index contributed by atoms with van der Waals surface area (Å²) < 4.78 is 64.8. The van der Waals surface area contributed by atoms with Gasteiger partial charge >= 0.3 is 6.36 Å². The third kappa shape index (κ3) is 3.55. The van der Waals surface area contributed by atoms with Gasteiger partial charge in [-0.3, -0.25) is 4.98 Å². The number of hydrogen-bond donors (Lipinski definition) is 0. The average molecular weight is 266 g/mol. The van der Waals surface area contributed by atoms with E-state index in [-0.39, 0.29) is 11.4 Å². The number of aromatic nitrogens is 1. The minimum atomic E-state index is -5.03. The Morgan fingerprint density at radius 1 is 1.44 bits per heavy atom. The molecule has 1 aromatic heterocycles. The Bertz CT molecular complexity index is 478. The number of nitrogens with zero attached hydrogens (tertiary/aromatic N) is 2. The highest BCUT2D eigenvalue weighted by molar-refractivity contribution is 5.37. The van der Waals surface area contributed by atoms with Gasteiger partial charge in [0, 0.05) is 11.3 Å². The van der Waals surface area contributed by atoms with Gasteiger partial charge in [0.1, 0.15) is 0 Å². The van der Waals surface area contributed by atoms with Crippen LogP contribution in [-0.4, -0.2) is 11.3 Å². The van der Waals surface area contributed by atoms with Gasteiger partial charge in [0.25, 0.3) is 6.43 Å². The molecule has 0 atom stereocenters. The van der Waals surface area contributed by atoms with Gasteiger partial charge in [-0.15, -0.1) is 13.2 Å². The van der Waals surface area contributed by atoms with Crippen molar-refractivity contribution in [3.8, 4) is 11.8 Å². The van der Waals surface area contributed by atoms with Gasteiger partial charge in [0.05, 0.1) is 18.2 Å². The summed E-state index contributed by atoms with van der Waals surface area (Å²) in [6.45, 7) is 1.22. The zero-order valence-corrected chi connectivity index (χ0v) is 9.05. The molecule has 0 saturated heterocycles. The van der Waals surface area contributed by atoms with E-state index >= 15 is 0 Å². The molecule has 0 amide bonds.